The second kappa shape index (κ2) is 7.97. The number of carbonyl (C=O) groups is 1. The molecule has 1 heterocycles. The van der Waals surface area contributed by atoms with E-state index in [9.17, 15) is 4.79 Å². The fourth-order valence-electron chi connectivity index (χ4n) is 2.49. The van der Waals surface area contributed by atoms with Crippen LogP contribution < -0.4 is 10.6 Å². The van der Waals surface area contributed by atoms with Gasteiger partial charge in [-0.05, 0) is 49.2 Å². The van der Waals surface area contributed by atoms with Crippen LogP contribution in [0.15, 0.2) is 54.7 Å². The number of carbonyl (C=O) groups excluding carboxylic acids is 1. The zero-order valence-corrected chi connectivity index (χ0v) is 15.3. The monoisotopic (exact) mass is 366 g/mol. The van der Waals surface area contributed by atoms with E-state index < -0.39 is 0 Å². The second-order valence-electron chi connectivity index (χ2n) is 6.02. The highest BCUT2D eigenvalue weighted by molar-refractivity contribution is 6.30. The van der Waals surface area contributed by atoms with E-state index in [0.717, 1.165) is 22.4 Å². The van der Waals surface area contributed by atoms with Gasteiger partial charge in [-0.15, -0.1) is 0 Å². The van der Waals surface area contributed by atoms with Gasteiger partial charge < -0.3 is 10.6 Å². The van der Waals surface area contributed by atoms with E-state index in [-0.39, 0.29) is 5.91 Å². The molecule has 0 bridgehead atoms. The summed E-state index contributed by atoms with van der Waals surface area (Å²) in [6.07, 6.45) is 1.56. The Morgan fingerprint density at radius 1 is 1.08 bits per heavy atom. The van der Waals surface area contributed by atoms with Crippen molar-refractivity contribution in [3.63, 3.8) is 0 Å². The van der Waals surface area contributed by atoms with Crippen molar-refractivity contribution in [2.24, 2.45) is 0 Å². The molecule has 0 aliphatic heterocycles. The molecule has 3 aromatic rings. The Kier molecular flexibility index (Phi) is 5.49. The van der Waals surface area contributed by atoms with Crippen molar-refractivity contribution in [3.05, 3.63) is 82.1 Å². The van der Waals surface area contributed by atoms with Crippen LogP contribution >= 0.6 is 11.6 Å². The molecular weight excluding hydrogens is 348 g/mol. The molecule has 0 fully saturated rings. The normalized spacial score (nSPS) is 10.4. The van der Waals surface area contributed by atoms with Gasteiger partial charge in [-0.1, -0.05) is 41.4 Å². The van der Waals surface area contributed by atoms with E-state index in [1.165, 1.54) is 0 Å². The Bertz CT molecular complexity index is 925. The number of halogens is 1. The minimum atomic E-state index is -0.270. The van der Waals surface area contributed by atoms with Gasteiger partial charge >= 0.3 is 0 Å². The minimum absolute atomic E-state index is 0.270. The van der Waals surface area contributed by atoms with Crippen LogP contribution in [0.1, 0.15) is 27.2 Å². The molecule has 1 aromatic heterocycles. The highest BCUT2D eigenvalue weighted by Crippen LogP contribution is 2.17. The van der Waals surface area contributed by atoms with Gasteiger partial charge in [0.05, 0.1) is 0 Å². The lowest BCUT2D eigenvalue weighted by atomic mass is 10.1. The molecule has 0 saturated heterocycles. The number of nitrogens with zero attached hydrogens (tertiary/aromatic N) is 2. The minimum Gasteiger partial charge on any atom is -0.350 e. The Labute approximate surface area is 157 Å². The third-order valence-corrected chi connectivity index (χ3v) is 4.13. The Hall–Kier alpha value is -2.92. The van der Waals surface area contributed by atoms with E-state index in [0.29, 0.717) is 23.2 Å². The number of rotatable bonds is 5. The highest BCUT2D eigenvalue weighted by atomic mass is 35.5. The maximum absolute atomic E-state index is 12.5. The van der Waals surface area contributed by atoms with Crippen LogP contribution in [0.2, 0.25) is 5.02 Å². The van der Waals surface area contributed by atoms with E-state index in [4.69, 9.17) is 11.6 Å². The number of benzene rings is 2. The maximum Gasteiger partial charge on any atom is 0.274 e. The average Bonchev–Trinajstić information content (AvgIpc) is 2.64. The molecule has 1 amide bonds. The number of hydrogen-bond donors (Lipinski definition) is 2. The van der Waals surface area contributed by atoms with Crippen LogP contribution in [-0.2, 0) is 6.54 Å². The second-order valence-corrected chi connectivity index (χ2v) is 6.45. The van der Waals surface area contributed by atoms with Crippen LogP contribution in [0, 0.1) is 13.8 Å². The summed E-state index contributed by atoms with van der Waals surface area (Å²) in [7, 11) is 0. The number of amides is 1. The third-order valence-electron chi connectivity index (χ3n) is 3.88. The maximum atomic E-state index is 12.5. The molecule has 5 nitrogen and oxygen atoms in total. The summed E-state index contributed by atoms with van der Waals surface area (Å²) in [5, 5.41) is 6.69. The number of aromatic nitrogens is 2. The lowest BCUT2D eigenvalue weighted by Crippen LogP contribution is -2.16. The predicted octanol–water partition coefficient (Wildman–Crippen LogP) is 4.61. The molecule has 2 N–H and O–H groups in total. The molecule has 0 unspecified atom stereocenters. The van der Waals surface area contributed by atoms with E-state index in [2.05, 4.69) is 20.6 Å². The summed E-state index contributed by atoms with van der Waals surface area (Å²) in [6, 6.07) is 15.0. The van der Waals surface area contributed by atoms with Gasteiger partial charge in [0, 0.05) is 23.5 Å². The van der Waals surface area contributed by atoms with Gasteiger partial charge in [-0.3, -0.25) is 4.79 Å². The summed E-state index contributed by atoms with van der Waals surface area (Å²) in [5.41, 5.74) is 4.28. The fourth-order valence-corrected chi connectivity index (χ4v) is 2.62. The van der Waals surface area contributed by atoms with Gasteiger partial charge in [0.25, 0.3) is 5.91 Å². The quantitative estimate of drug-likeness (QED) is 0.691. The number of hydrogen-bond acceptors (Lipinski definition) is 4. The van der Waals surface area contributed by atoms with Gasteiger partial charge in [0.2, 0.25) is 5.95 Å². The average molecular weight is 367 g/mol. The molecule has 26 heavy (non-hydrogen) atoms. The van der Waals surface area contributed by atoms with Crippen molar-refractivity contribution in [2.75, 3.05) is 10.6 Å². The van der Waals surface area contributed by atoms with Crippen LogP contribution in [0.3, 0.4) is 0 Å². The summed E-state index contributed by atoms with van der Waals surface area (Å²) in [6.45, 7) is 4.52. The van der Waals surface area contributed by atoms with E-state index in [1.54, 1.807) is 12.3 Å². The topological polar surface area (TPSA) is 66.9 Å². The highest BCUT2D eigenvalue weighted by Gasteiger charge is 2.10. The summed E-state index contributed by atoms with van der Waals surface area (Å²) >= 11 is 5.88. The molecule has 0 aliphatic carbocycles. The van der Waals surface area contributed by atoms with Crippen molar-refractivity contribution in [1.82, 2.24) is 9.97 Å². The molecule has 3 rings (SSSR count). The lowest BCUT2D eigenvalue weighted by Gasteiger charge is -2.10. The standard InChI is InChI=1S/C20H19ClN4O/c1-13-3-8-17(14(2)11-13)24-19(26)18-9-10-22-20(25-18)23-12-15-4-6-16(21)7-5-15/h3-11H,12H2,1-2H3,(H,24,26)(H,22,23,25). The van der Waals surface area contributed by atoms with Crippen molar-refractivity contribution < 1.29 is 4.79 Å². The van der Waals surface area contributed by atoms with Gasteiger partial charge in [-0.2, -0.15) is 0 Å². The molecule has 6 heteroatoms. The van der Waals surface area contributed by atoms with Crippen LogP contribution in [-0.4, -0.2) is 15.9 Å². The number of nitrogens with one attached hydrogen (secondary N) is 2. The van der Waals surface area contributed by atoms with Gasteiger partial charge in [0.15, 0.2) is 0 Å². The molecule has 0 saturated carbocycles. The number of aryl methyl sites for hydroxylation is 2. The molecular formula is C20H19ClN4O. The lowest BCUT2D eigenvalue weighted by molar-refractivity contribution is 0.102. The first kappa shape index (κ1) is 17.9. The summed E-state index contributed by atoms with van der Waals surface area (Å²) in [5.74, 6) is 0.127. The number of anilines is 2. The predicted molar refractivity (Wildman–Crippen MR) is 105 cm³/mol. The summed E-state index contributed by atoms with van der Waals surface area (Å²) in [4.78, 5) is 20.9. The zero-order chi connectivity index (χ0) is 18.5. The fraction of sp³-hybridized carbons (Fsp3) is 0.150. The first-order chi connectivity index (χ1) is 12.5. The van der Waals surface area contributed by atoms with Crippen molar-refractivity contribution in [2.45, 2.75) is 20.4 Å². The smallest absolute Gasteiger partial charge is 0.274 e. The van der Waals surface area contributed by atoms with Gasteiger partial charge in [0.1, 0.15) is 5.69 Å². The van der Waals surface area contributed by atoms with Crippen molar-refractivity contribution >= 4 is 29.1 Å². The molecule has 2 aromatic carbocycles. The SMILES string of the molecule is Cc1ccc(NC(=O)c2ccnc(NCc3ccc(Cl)cc3)n2)c(C)c1. The van der Waals surface area contributed by atoms with Crippen LogP contribution in [0.5, 0.6) is 0 Å². The first-order valence-corrected chi connectivity index (χ1v) is 8.59. The van der Waals surface area contributed by atoms with Crippen molar-refractivity contribution in [1.29, 1.82) is 0 Å². The molecule has 0 atom stereocenters. The molecule has 0 radical (unpaired) electrons. The summed E-state index contributed by atoms with van der Waals surface area (Å²) < 4.78 is 0. The van der Waals surface area contributed by atoms with Crippen LogP contribution in [0.4, 0.5) is 11.6 Å². The zero-order valence-electron chi connectivity index (χ0n) is 14.6. The van der Waals surface area contributed by atoms with Crippen molar-refractivity contribution in [3.8, 4) is 0 Å². The Morgan fingerprint density at radius 3 is 2.58 bits per heavy atom. The van der Waals surface area contributed by atoms with Crippen LogP contribution in [0.25, 0.3) is 0 Å². The third kappa shape index (κ3) is 4.58. The Balaban J connectivity index is 1.67. The van der Waals surface area contributed by atoms with Gasteiger partial charge in [-0.25, -0.2) is 9.97 Å². The first-order valence-electron chi connectivity index (χ1n) is 8.21. The molecule has 132 valence electrons. The van der Waals surface area contributed by atoms with E-state index in [1.807, 2.05) is 56.3 Å². The van der Waals surface area contributed by atoms with E-state index >= 15 is 0 Å². The molecule has 0 spiro atoms. The molecule has 0 aliphatic rings. The Morgan fingerprint density at radius 2 is 1.85 bits per heavy atom. The largest absolute Gasteiger partial charge is 0.350 e.